The van der Waals surface area contributed by atoms with Crippen molar-refractivity contribution < 1.29 is 14.3 Å². The van der Waals surface area contributed by atoms with E-state index in [1.54, 1.807) is 12.1 Å². The predicted octanol–water partition coefficient (Wildman–Crippen LogP) is 3.13. The molecule has 1 amide bonds. The Morgan fingerprint density at radius 2 is 1.91 bits per heavy atom. The van der Waals surface area contributed by atoms with Gasteiger partial charge in [-0.25, -0.2) is 0 Å². The fourth-order valence-electron chi connectivity index (χ4n) is 2.63. The van der Waals surface area contributed by atoms with Crippen LogP contribution in [0.2, 0.25) is 0 Å². The minimum absolute atomic E-state index is 0.122. The zero-order valence-corrected chi connectivity index (χ0v) is 13.0. The lowest BCUT2D eigenvalue weighted by molar-refractivity contribution is -0.120. The van der Waals surface area contributed by atoms with Gasteiger partial charge in [0.25, 0.3) is 0 Å². The summed E-state index contributed by atoms with van der Waals surface area (Å²) in [5.41, 5.74) is 0.976. The Bertz CT molecular complexity index is 817. The van der Waals surface area contributed by atoms with Gasteiger partial charge in [0.05, 0.1) is 13.0 Å². The molecule has 0 aliphatic heterocycles. The van der Waals surface area contributed by atoms with Crippen molar-refractivity contribution in [3.63, 3.8) is 0 Å². The summed E-state index contributed by atoms with van der Waals surface area (Å²) in [6.45, 7) is 1.95. The highest BCUT2D eigenvalue weighted by atomic mass is 16.4. The topological polar surface area (TPSA) is 62.5 Å². The van der Waals surface area contributed by atoms with Crippen LogP contribution in [-0.2, 0) is 11.2 Å². The summed E-state index contributed by atoms with van der Waals surface area (Å²) in [7, 11) is 0. The number of carbonyl (C=O) groups excluding carboxylic acids is 1. The van der Waals surface area contributed by atoms with E-state index in [1.165, 1.54) is 0 Å². The third-order valence-electron chi connectivity index (χ3n) is 3.81. The zero-order chi connectivity index (χ0) is 16.2. The molecule has 0 aliphatic carbocycles. The fourth-order valence-corrected chi connectivity index (χ4v) is 2.63. The van der Waals surface area contributed by atoms with Gasteiger partial charge >= 0.3 is 0 Å². The van der Waals surface area contributed by atoms with Crippen LogP contribution in [-0.4, -0.2) is 17.6 Å². The maximum absolute atomic E-state index is 12.1. The van der Waals surface area contributed by atoms with Crippen molar-refractivity contribution in [2.75, 3.05) is 6.54 Å². The number of rotatable bonds is 5. The summed E-state index contributed by atoms with van der Waals surface area (Å²) in [6, 6.07) is 17.4. The van der Waals surface area contributed by atoms with Gasteiger partial charge in [0.15, 0.2) is 0 Å². The van der Waals surface area contributed by atoms with Gasteiger partial charge in [0.1, 0.15) is 17.6 Å². The van der Waals surface area contributed by atoms with Crippen molar-refractivity contribution in [2.24, 2.45) is 0 Å². The molecule has 4 nitrogen and oxygen atoms in total. The molecule has 0 saturated heterocycles. The van der Waals surface area contributed by atoms with Gasteiger partial charge in [0.2, 0.25) is 5.91 Å². The minimum Gasteiger partial charge on any atom is -0.464 e. The smallest absolute Gasteiger partial charge is 0.224 e. The van der Waals surface area contributed by atoms with E-state index >= 15 is 0 Å². The number of benzene rings is 2. The lowest BCUT2D eigenvalue weighted by atomic mass is 10.0. The van der Waals surface area contributed by atoms with E-state index in [1.807, 2.05) is 49.4 Å². The third kappa shape index (κ3) is 3.60. The van der Waals surface area contributed by atoms with Crippen LogP contribution < -0.4 is 5.32 Å². The van der Waals surface area contributed by atoms with Crippen molar-refractivity contribution >= 4 is 16.7 Å². The molecule has 23 heavy (non-hydrogen) atoms. The Balaban J connectivity index is 1.63. The number of hydrogen-bond acceptors (Lipinski definition) is 3. The maximum Gasteiger partial charge on any atom is 0.224 e. The first-order valence-corrected chi connectivity index (χ1v) is 7.61. The van der Waals surface area contributed by atoms with Crippen molar-refractivity contribution in [2.45, 2.75) is 19.4 Å². The first-order valence-electron chi connectivity index (χ1n) is 7.61. The number of nitrogens with one attached hydrogen (secondary N) is 1. The summed E-state index contributed by atoms with van der Waals surface area (Å²) in [4.78, 5) is 12.1. The molecule has 0 spiro atoms. The molecule has 118 valence electrons. The molecule has 0 radical (unpaired) electrons. The second-order valence-electron chi connectivity index (χ2n) is 5.58. The van der Waals surface area contributed by atoms with Crippen molar-refractivity contribution in [1.82, 2.24) is 5.32 Å². The predicted molar refractivity (Wildman–Crippen MR) is 89.1 cm³/mol. The average Bonchev–Trinajstić information content (AvgIpc) is 2.99. The quantitative estimate of drug-likeness (QED) is 0.761. The summed E-state index contributed by atoms with van der Waals surface area (Å²) < 4.78 is 5.35. The van der Waals surface area contributed by atoms with E-state index in [2.05, 4.69) is 5.32 Å². The number of aliphatic hydroxyl groups is 1. The van der Waals surface area contributed by atoms with E-state index in [0.29, 0.717) is 5.76 Å². The van der Waals surface area contributed by atoms with Gasteiger partial charge < -0.3 is 14.8 Å². The van der Waals surface area contributed by atoms with E-state index in [4.69, 9.17) is 4.42 Å². The van der Waals surface area contributed by atoms with Crippen LogP contribution in [0.3, 0.4) is 0 Å². The summed E-state index contributed by atoms with van der Waals surface area (Å²) in [6.07, 6.45) is -0.550. The second-order valence-corrected chi connectivity index (χ2v) is 5.58. The summed E-state index contributed by atoms with van der Waals surface area (Å²) in [5, 5.41) is 15.0. The summed E-state index contributed by atoms with van der Waals surface area (Å²) in [5.74, 6) is 1.08. The fraction of sp³-hybridized carbons (Fsp3) is 0.211. The van der Waals surface area contributed by atoms with Gasteiger partial charge in [-0.05, 0) is 35.4 Å². The van der Waals surface area contributed by atoms with E-state index in [0.717, 1.165) is 22.1 Å². The number of amides is 1. The lowest BCUT2D eigenvalue weighted by Gasteiger charge is -2.11. The lowest BCUT2D eigenvalue weighted by Crippen LogP contribution is -2.29. The Kier molecular flexibility index (Phi) is 4.44. The number of furan rings is 1. The first kappa shape index (κ1) is 15.3. The van der Waals surface area contributed by atoms with Gasteiger partial charge in [-0.15, -0.1) is 0 Å². The third-order valence-corrected chi connectivity index (χ3v) is 3.81. The van der Waals surface area contributed by atoms with Crippen molar-refractivity contribution in [3.8, 4) is 0 Å². The highest BCUT2D eigenvalue weighted by molar-refractivity contribution is 5.90. The molecule has 0 bridgehead atoms. The largest absolute Gasteiger partial charge is 0.464 e. The monoisotopic (exact) mass is 309 g/mol. The molecule has 2 N–H and O–H groups in total. The second kappa shape index (κ2) is 6.67. The summed E-state index contributed by atoms with van der Waals surface area (Å²) >= 11 is 0. The Labute approximate surface area is 134 Å². The van der Waals surface area contributed by atoms with Crippen LogP contribution in [0.1, 0.15) is 23.2 Å². The molecule has 1 atom stereocenters. The first-order chi connectivity index (χ1) is 11.1. The molecular weight excluding hydrogens is 290 g/mol. The zero-order valence-electron chi connectivity index (χ0n) is 13.0. The van der Waals surface area contributed by atoms with Crippen molar-refractivity contribution in [3.05, 3.63) is 71.7 Å². The van der Waals surface area contributed by atoms with E-state index in [9.17, 15) is 9.90 Å². The molecule has 0 aliphatic rings. The van der Waals surface area contributed by atoms with Gasteiger partial charge in [0, 0.05) is 0 Å². The highest BCUT2D eigenvalue weighted by Gasteiger charge is 2.13. The van der Waals surface area contributed by atoms with E-state index < -0.39 is 6.10 Å². The SMILES string of the molecule is Cc1ccc(C(O)CNC(=O)Cc2cccc3ccccc23)o1. The Morgan fingerprint density at radius 3 is 2.70 bits per heavy atom. The molecular formula is C19H19NO3. The standard InChI is InChI=1S/C19H19NO3/c1-13-9-10-18(23-13)17(21)12-20-19(22)11-15-7-4-6-14-5-2-3-8-16(14)15/h2-10,17,21H,11-12H2,1H3,(H,20,22). The van der Waals surface area contributed by atoms with Crippen LogP contribution in [0.5, 0.6) is 0 Å². The molecule has 0 saturated carbocycles. The minimum atomic E-state index is -0.833. The Morgan fingerprint density at radius 1 is 1.13 bits per heavy atom. The number of fused-ring (bicyclic) bond motifs is 1. The highest BCUT2D eigenvalue weighted by Crippen LogP contribution is 2.19. The van der Waals surface area contributed by atoms with E-state index in [-0.39, 0.29) is 18.9 Å². The molecule has 1 aromatic heterocycles. The molecule has 4 heteroatoms. The normalized spacial score (nSPS) is 12.3. The number of hydrogen-bond donors (Lipinski definition) is 2. The van der Waals surface area contributed by atoms with Gasteiger partial charge in [-0.2, -0.15) is 0 Å². The average molecular weight is 309 g/mol. The molecule has 1 unspecified atom stereocenters. The van der Waals surface area contributed by atoms with Crippen molar-refractivity contribution in [1.29, 1.82) is 0 Å². The number of aliphatic hydroxyl groups excluding tert-OH is 1. The molecule has 3 aromatic rings. The van der Waals surface area contributed by atoms with Gasteiger partial charge in [-0.3, -0.25) is 4.79 Å². The van der Waals surface area contributed by atoms with Crippen LogP contribution in [0.25, 0.3) is 10.8 Å². The number of carbonyl (C=O) groups is 1. The van der Waals surface area contributed by atoms with Gasteiger partial charge in [-0.1, -0.05) is 42.5 Å². The molecule has 2 aromatic carbocycles. The molecule has 1 heterocycles. The van der Waals surface area contributed by atoms with Crippen LogP contribution in [0, 0.1) is 6.92 Å². The Hall–Kier alpha value is -2.59. The maximum atomic E-state index is 12.1. The van der Waals surface area contributed by atoms with Crippen LogP contribution in [0.15, 0.2) is 59.0 Å². The molecule has 0 fully saturated rings. The number of aryl methyl sites for hydroxylation is 1. The molecule has 3 rings (SSSR count). The van der Waals surface area contributed by atoms with Crippen LogP contribution >= 0.6 is 0 Å². The van der Waals surface area contributed by atoms with Crippen LogP contribution in [0.4, 0.5) is 0 Å².